The van der Waals surface area contributed by atoms with E-state index in [1.54, 1.807) is 35.9 Å². The van der Waals surface area contributed by atoms with E-state index in [1.807, 2.05) is 19.2 Å². The summed E-state index contributed by atoms with van der Waals surface area (Å²) in [7, 11) is 5.04. The van der Waals surface area contributed by atoms with E-state index in [9.17, 15) is 4.79 Å². The molecule has 2 heterocycles. The van der Waals surface area contributed by atoms with Crippen LogP contribution in [0.4, 0.5) is 0 Å². The van der Waals surface area contributed by atoms with Crippen LogP contribution in [0.15, 0.2) is 24.3 Å². The largest absolute Gasteiger partial charge is 0.493 e. The molecule has 1 atom stereocenters. The van der Waals surface area contributed by atoms with Gasteiger partial charge in [0.05, 0.1) is 19.4 Å². The second kappa shape index (κ2) is 7.52. The molecule has 8 heteroatoms. The van der Waals surface area contributed by atoms with Crippen molar-refractivity contribution < 1.29 is 19.0 Å². The monoisotopic (exact) mass is 346 g/mol. The van der Waals surface area contributed by atoms with Gasteiger partial charge in [0.1, 0.15) is 11.7 Å². The number of fused-ring (bicyclic) bond motifs is 1. The van der Waals surface area contributed by atoms with E-state index < -0.39 is 0 Å². The van der Waals surface area contributed by atoms with E-state index >= 15 is 0 Å². The summed E-state index contributed by atoms with van der Waals surface area (Å²) in [5.41, 5.74) is 1.83. The number of carbonyl (C=O) groups excluding carboxylic acids is 1. The predicted octanol–water partition coefficient (Wildman–Crippen LogP) is 0.975. The molecule has 1 aromatic heterocycles. The topological polar surface area (TPSA) is 78.7 Å². The van der Waals surface area contributed by atoms with E-state index in [0.717, 1.165) is 11.4 Å². The van der Waals surface area contributed by atoms with Gasteiger partial charge >= 0.3 is 0 Å². The molecule has 8 nitrogen and oxygen atoms in total. The number of methoxy groups -OCH3 is 2. The lowest BCUT2D eigenvalue weighted by molar-refractivity contribution is -0.137. The molecule has 0 N–H and O–H groups in total. The Morgan fingerprint density at radius 2 is 2.04 bits per heavy atom. The Balaban J connectivity index is 1.72. The highest BCUT2D eigenvalue weighted by Crippen LogP contribution is 2.29. The van der Waals surface area contributed by atoms with Gasteiger partial charge in [0.25, 0.3) is 5.91 Å². The maximum Gasteiger partial charge on any atom is 0.261 e. The first-order chi connectivity index (χ1) is 12.2. The number of rotatable bonds is 6. The summed E-state index contributed by atoms with van der Waals surface area (Å²) in [6.07, 6.45) is 0.708. The van der Waals surface area contributed by atoms with Gasteiger partial charge < -0.3 is 19.1 Å². The highest BCUT2D eigenvalue weighted by Gasteiger charge is 2.34. The number of aromatic nitrogens is 3. The van der Waals surface area contributed by atoms with Gasteiger partial charge in [-0.25, -0.2) is 0 Å². The number of aryl methyl sites for hydroxylation is 1. The first-order valence-electron chi connectivity index (χ1n) is 8.08. The standard InChI is InChI=1S/C17H22N4O4/c1-20-12-8-9-21(13(10-23-2)17(12)18-19-20)16(22)11-25-15-7-5-4-6-14(15)24-3/h4-7,13H,8-11H2,1-3H3/t13-/m0/s1. The van der Waals surface area contributed by atoms with Crippen LogP contribution in [0.3, 0.4) is 0 Å². The zero-order valence-electron chi connectivity index (χ0n) is 14.6. The third-order valence-electron chi connectivity index (χ3n) is 4.32. The molecule has 1 aliphatic rings. The van der Waals surface area contributed by atoms with Crippen LogP contribution in [-0.2, 0) is 23.0 Å². The Kier molecular flexibility index (Phi) is 5.18. The molecule has 0 bridgehead atoms. The third kappa shape index (κ3) is 3.43. The van der Waals surface area contributed by atoms with Gasteiger partial charge in [-0.15, -0.1) is 5.10 Å². The van der Waals surface area contributed by atoms with Crippen molar-refractivity contribution in [3.05, 3.63) is 35.7 Å². The number of amides is 1. The van der Waals surface area contributed by atoms with Crippen LogP contribution < -0.4 is 9.47 Å². The molecular formula is C17H22N4O4. The van der Waals surface area contributed by atoms with Crippen molar-refractivity contribution in [3.63, 3.8) is 0 Å². The lowest BCUT2D eigenvalue weighted by Gasteiger charge is -2.34. The summed E-state index contributed by atoms with van der Waals surface area (Å²) in [6, 6.07) is 7.00. The average molecular weight is 346 g/mol. The SMILES string of the molecule is COC[C@H]1c2nnn(C)c2CCN1C(=O)COc1ccccc1OC. The molecule has 25 heavy (non-hydrogen) atoms. The van der Waals surface area contributed by atoms with Crippen molar-refractivity contribution in [3.8, 4) is 11.5 Å². The fourth-order valence-electron chi connectivity index (χ4n) is 3.06. The van der Waals surface area contributed by atoms with E-state index in [0.29, 0.717) is 31.1 Å². The third-order valence-corrected chi connectivity index (χ3v) is 4.32. The summed E-state index contributed by atoms with van der Waals surface area (Å²) >= 11 is 0. The molecule has 1 amide bonds. The molecule has 0 radical (unpaired) electrons. The zero-order chi connectivity index (χ0) is 17.8. The molecule has 1 aliphatic heterocycles. The van der Waals surface area contributed by atoms with E-state index in [2.05, 4.69) is 10.3 Å². The number of carbonyl (C=O) groups is 1. The van der Waals surface area contributed by atoms with Crippen molar-refractivity contribution in [2.45, 2.75) is 12.5 Å². The molecule has 1 aromatic carbocycles. The van der Waals surface area contributed by atoms with E-state index in [-0.39, 0.29) is 18.6 Å². The summed E-state index contributed by atoms with van der Waals surface area (Å²) in [4.78, 5) is 14.5. The molecule has 2 aromatic rings. The van der Waals surface area contributed by atoms with Crippen LogP contribution in [0, 0.1) is 0 Å². The highest BCUT2D eigenvalue weighted by molar-refractivity contribution is 5.78. The van der Waals surface area contributed by atoms with Gasteiger partial charge in [0.15, 0.2) is 18.1 Å². The molecule has 0 saturated carbocycles. The normalized spacial score (nSPS) is 16.4. The quantitative estimate of drug-likeness (QED) is 0.776. The lowest BCUT2D eigenvalue weighted by Crippen LogP contribution is -2.44. The van der Waals surface area contributed by atoms with Crippen molar-refractivity contribution in [1.29, 1.82) is 0 Å². The predicted molar refractivity (Wildman–Crippen MR) is 89.5 cm³/mol. The Morgan fingerprint density at radius 3 is 2.76 bits per heavy atom. The molecule has 0 aliphatic carbocycles. The van der Waals surface area contributed by atoms with Gasteiger partial charge in [-0.3, -0.25) is 9.48 Å². The van der Waals surface area contributed by atoms with E-state index in [1.165, 1.54) is 0 Å². The van der Waals surface area contributed by atoms with Crippen molar-refractivity contribution in [1.82, 2.24) is 19.9 Å². The van der Waals surface area contributed by atoms with Crippen molar-refractivity contribution in [2.24, 2.45) is 7.05 Å². The summed E-state index contributed by atoms with van der Waals surface area (Å²) in [6.45, 7) is 0.874. The minimum Gasteiger partial charge on any atom is -0.493 e. The molecule has 0 fully saturated rings. The minimum absolute atomic E-state index is 0.0732. The van der Waals surface area contributed by atoms with Gasteiger partial charge in [-0.2, -0.15) is 0 Å². The van der Waals surface area contributed by atoms with Crippen LogP contribution in [0.1, 0.15) is 17.4 Å². The Bertz CT molecular complexity index is 746. The maximum atomic E-state index is 12.7. The smallest absolute Gasteiger partial charge is 0.261 e. The summed E-state index contributed by atoms with van der Waals surface area (Å²) in [5, 5.41) is 8.28. The number of hydrogen-bond donors (Lipinski definition) is 0. The van der Waals surface area contributed by atoms with Crippen LogP contribution in [0.5, 0.6) is 11.5 Å². The lowest BCUT2D eigenvalue weighted by atomic mass is 10.0. The first-order valence-corrected chi connectivity index (χ1v) is 8.08. The molecular weight excluding hydrogens is 324 g/mol. The van der Waals surface area contributed by atoms with Crippen LogP contribution in [0.25, 0.3) is 0 Å². The van der Waals surface area contributed by atoms with Crippen molar-refractivity contribution in [2.75, 3.05) is 34.0 Å². The number of ether oxygens (including phenoxy) is 3. The first kappa shape index (κ1) is 17.2. The fraction of sp³-hybridized carbons (Fsp3) is 0.471. The number of para-hydroxylation sites is 2. The Labute approximate surface area is 146 Å². The summed E-state index contributed by atoms with van der Waals surface area (Å²) in [5.74, 6) is 1.02. The van der Waals surface area contributed by atoms with Crippen molar-refractivity contribution >= 4 is 5.91 Å². The maximum absolute atomic E-state index is 12.7. The van der Waals surface area contributed by atoms with Gasteiger partial charge in [0, 0.05) is 27.1 Å². The second-order valence-corrected chi connectivity index (χ2v) is 5.79. The van der Waals surface area contributed by atoms with Crippen LogP contribution in [0.2, 0.25) is 0 Å². The second-order valence-electron chi connectivity index (χ2n) is 5.79. The zero-order valence-corrected chi connectivity index (χ0v) is 14.6. The van der Waals surface area contributed by atoms with Crippen LogP contribution in [-0.4, -0.2) is 59.8 Å². The number of benzene rings is 1. The molecule has 0 spiro atoms. The summed E-state index contributed by atoms with van der Waals surface area (Å²) < 4.78 is 18.0. The minimum atomic E-state index is -0.254. The van der Waals surface area contributed by atoms with Gasteiger partial charge in [-0.05, 0) is 12.1 Å². The van der Waals surface area contributed by atoms with E-state index in [4.69, 9.17) is 14.2 Å². The number of nitrogens with zero attached hydrogens (tertiary/aromatic N) is 4. The Hall–Kier alpha value is -2.61. The average Bonchev–Trinajstić information content (AvgIpc) is 3.02. The van der Waals surface area contributed by atoms with Crippen LogP contribution >= 0.6 is 0 Å². The molecule has 0 unspecified atom stereocenters. The number of hydrogen-bond acceptors (Lipinski definition) is 6. The van der Waals surface area contributed by atoms with Gasteiger partial charge in [-0.1, -0.05) is 17.3 Å². The molecule has 134 valence electrons. The highest BCUT2D eigenvalue weighted by atomic mass is 16.5. The Morgan fingerprint density at radius 1 is 1.28 bits per heavy atom. The molecule has 3 rings (SSSR count). The fourth-order valence-corrected chi connectivity index (χ4v) is 3.06. The van der Waals surface area contributed by atoms with Gasteiger partial charge in [0.2, 0.25) is 0 Å². The molecule has 0 saturated heterocycles.